The number of nitrogens with zero attached hydrogens (tertiary/aromatic N) is 1. The molecule has 1 amide bonds. The number of allylic oxidation sites excluding steroid dienone is 2. The lowest BCUT2D eigenvalue weighted by atomic mass is 9.83. The molecule has 1 aromatic carbocycles. The Bertz CT molecular complexity index is 734. The maximum Gasteiger partial charge on any atom is 0.257 e. The van der Waals surface area contributed by atoms with E-state index < -0.39 is 0 Å². The molecule has 0 aliphatic heterocycles. The number of unbranched alkanes of at least 4 members (excludes halogenated alkanes) is 2. The van der Waals surface area contributed by atoms with Gasteiger partial charge in [0.1, 0.15) is 11.5 Å². The molecule has 0 saturated heterocycles. The first-order chi connectivity index (χ1) is 12.9. The number of amides is 1. The number of hydrogen-bond acceptors (Lipinski definition) is 3. The Morgan fingerprint density at radius 1 is 1.22 bits per heavy atom. The fraction of sp³-hybridized carbons (Fsp3) is 0.609. The Kier molecular flexibility index (Phi) is 6.13. The minimum Gasteiger partial charge on any atom is -0.507 e. The summed E-state index contributed by atoms with van der Waals surface area (Å²) >= 11 is 0. The summed E-state index contributed by atoms with van der Waals surface area (Å²) in [6, 6.07) is 2.02. The molecule has 4 heteroatoms. The smallest absolute Gasteiger partial charge is 0.257 e. The van der Waals surface area contributed by atoms with Crippen molar-refractivity contribution in [1.82, 2.24) is 4.90 Å². The van der Waals surface area contributed by atoms with Gasteiger partial charge in [-0.15, -0.1) is 0 Å². The number of carbonyl (C=O) groups is 1. The molecule has 2 aliphatic carbocycles. The van der Waals surface area contributed by atoms with Crippen LogP contribution in [0, 0.1) is 0 Å². The Morgan fingerprint density at radius 2 is 1.96 bits per heavy atom. The quantitative estimate of drug-likeness (QED) is 0.506. The van der Waals surface area contributed by atoms with Gasteiger partial charge in [-0.05, 0) is 63.5 Å². The maximum atomic E-state index is 13.2. The minimum atomic E-state index is -0.112. The van der Waals surface area contributed by atoms with Crippen LogP contribution in [0.2, 0.25) is 0 Å². The molecule has 0 spiro atoms. The van der Waals surface area contributed by atoms with E-state index in [1.807, 2.05) is 7.05 Å². The first kappa shape index (κ1) is 19.8. The number of benzene rings is 1. The summed E-state index contributed by atoms with van der Waals surface area (Å²) in [5.41, 5.74) is 2.99. The van der Waals surface area contributed by atoms with Gasteiger partial charge >= 0.3 is 0 Å². The highest BCUT2D eigenvalue weighted by molar-refractivity contribution is 5.99. The zero-order valence-electron chi connectivity index (χ0n) is 16.9. The molecular weight excluding hydrogens is 338 g/mol. The second-order valence-electron chi connectivity index (χ2n) is 8.31. The number of aryl methyl sites for hydroxylation is 1. The van der Waals surface area contributed by atoms with Crippen molar-refractivity contribution in [3.8, 4) is 11.5 Å². The molecule has 0 aromatic heterocycles. The lowest BCUT2D eigenvalue weighted by molar-refractivity contribution is 0.0780. The van der Waals surface area contributed by atoms with Gasteiger partial charge in [0.25, 0.3) is 5.91 Å². The highest BCUT2D eigenvalue weighted by atomic mass is 16.3. The lowest BCUT2D eigenvalue weighted by Crippen LogP contribution is -2.30. The molecule has 1 atom stereocenters. The Morgan fingerprint density at radius 3 is 2.59 bits per heavy atom. The summed E-state index contributed by atoms with van der Waals surface area (Å²) in [5, 5.41) is 21.8. The van der Waals surface area contributed by atoms with Crippen LogP contribution < -0.4 is 0 Å². The molecule has 1 unspecified atom stereocenters. The van der Waals surface area contributed by atoms with Gasteiger partial charge in [-0.25, -0.2) is 0 Å². The third-order valence-electron chi connectivity index (χ3n) is 6.02. The number of hydrogen-bond donors (Lipinski definition) is 2. The fourth-order valence-corrected chi connectivity index (χ4v) is 4.23. The minimum absolute atomic E-state index is 0.00468. The van der Waals surface area contributed by atoms with Crippen LogP contribution in [0.15, 0.2) is 17.7 Å². The van der Waals surface area contributed by atoms with Crippen molar-refractivity contribution in [3.63, 3.8) is 0 Å². The average molecular weight is 372 g/mol. The molecule has 148 valence electrons. The topological polar surface area (TPSA) is 60.8 Å². The monoisotopic (exact) mass is 371 g/mol. The van der Waals surface area contributed by atoms with Gasteiger partial charge in [-0.1, -0.05) is 31.4 Å². The highest BCUT2D eigenvalue weighted by Crippen LogP contribution is 2.44. The summed E-state index contributed by atoms with van der Waals surface area (Å²) in [7, 11) is 1.83. The van der Waals surface area contributed by atoms with E-state index in [1.165, 1.54) is 5.57 Å². The summed E-state index contributed by atoms with van der Waals surface area (Å²) < 4.78 is 0. The van der Waals surface area contributed by atoms with Gasteiger partial charge < -0.3 is 15.1 Å². The van der Waals surface area contributed by atoms with Crippen LogP contribution in [-0.2, 0) is 6.42 Å². The molecule has 2 N–H and O–H groups in total. The first-order valence-corrected chi connectivity index (χ1v) is 10.5. The van der Waals surface area contributed by atoms with E-state index in [2.05, 4.69) is 19.9 Å². The van der Waals surface area contributed by atoms with E-state index in [-0.39, 0.29) is 29.4 Å². The van der Waals surface area contributed by atoms with Gasteiger partial charge in [-0.3, -0.25) is 4.79 Å². The van der Waals surface area contributed by atoms with Crippen LogP contribution >= 0.6 is 0 Å². The summed E-state index contributed by atoms with van der Waals surface area (Å²) in [6.07, 6.45) is 11.0. The van der Waals surface area contributed by atoms with E-state index >= 15 is 0 Å². The molecule has 27 heavy (non-hydrogen) atoms. The van der Waals surface area contributed by atoms with Crippen LogP contribution in [0.3, 0.4) is 0 Å². The lowest BCUT2D eigenvalue weighted by Gasteiger charge is -2.25. The second-order valence-corrected chi connectivity index (χ2v) is 8.31. The second kappa shape index (κ2) is 8.37. The molecule has 4 nitrogen and oxygen atoms in total. The number of carbonyl (C=O) groups excluding carboxylic acids is 1. The molecule has 3 rings (SSSR count). The van der Waals surface area contributed by atoms with E-state index in [0.29, 0.717) is 17.5 Å². The van der Waals surface area contributed by atoms with Crippen molar-refractivity contribution in [2.75, 3.05) is 7.05 Å². The molecule has 2 aliphatic rings. The predicted octanol–water partition coefficient (Wildman–Crippen LogP) is 5.28. The normalized spacial score (nSPS) is 19.7. The Balaban J connectivity index is 2.03. The Hall–Kier alpha value is -1.97. The van der Waals surface area contributed by atoms with Gasteiger partial charge in [0, 0.05) is 24.6 Å². The maximum absolute atomic E-state index is 13.2. The van der Waals surface area contributed by atoms with Gasteiger partial charge in [-0.2, -0.15) is 0 Å². The Labute approximate surface area is 162 Å². The zero-order valence-corrected chi connectivity index (χ0v) is 16.9. The third kappa shape index (κ3) is 4.31. The molecular formula is C23H33NO3. The fourth-order valence-electron chi connectivity index (χ4n) is 4.23. The predicted molar refractivity (Wildman–Crippen MR) is 108 cm³/mol. The molecule has 1 fully saturated rings. The van der Waals surface area contributed by atoms with Crippen LogP contribution in [-0.4, -0.2) is 34.1 Å². The SMILES string of the molecule is CCCCCc1cc(O)c(C2C=C(C)CCC2)c(O)c1C(=O)N(C)C1CC1. The third-order valence-corrected chi connectivity index (χ3v) is 6.02. The van der Waals surface area contributed by atoms with Crippen LogP contribution in [0.4, 0.5) is 0 Å². The first-order valence-electron chi connectivity index (χ1n) is 10.5. The van der Waals surface area contributed by atoms with Crippen LogP contribution in [0.1, 0.15) is 92.6 Å². The van der Waals surface area contributed by atoms with E-state index in [9.17, 15) is 15.0 Å². The summed E-state index contributed by atoms with van der Waals surface area (Å²) in [5.74, 6) is -0.0176. The van der Waals surface area contributed by atoms with Gasteiger partial charge in [0.2, 0.25) is 0 Å². The summed E-state index contributed by atoms with van der Waals surface area (Å²) in [4.78, 5) is 14.9. The van der Waals surface area contributed by atoms with Gasteiger partial charge in [0.15, 0.2) is 0 Å². The molecule has 0 heterocycles. The molecule has 0 radical (unpaired) electrons. The van der Waals surface area contributed by atoms with E-state index in [1.54, 1.807) is 11.0 Å². The number of aromatic hydroxyl groups is 2. The number of rotatable bonds is 7. The van der Waals surface area contributed by atoms with Crippen molar-refractivity contribution >= 4 is 5.91 Å². The highest BCUT2D eigenvalue weighted by Gasteiger charge is 2.34. The van der Waals surface area contributed by atoms with Crippen molar-refractivity contribution in [2.45, 2.75) is 83.6 Å². The van der Waals surface area contributed by atoms with E-state index in [4.69, 9.17) is 0 Å². The van der Waals surface area contributed by atoms with E-state index in [0.717, 1.165) is 56.9 Å². The molecule has 0 bridgehead atoms. The standard InChI is InChI=1S/C23H33NO3/c1-4-5-6-9-17-14-19(25)20(16-10-7-8-15(2)13-16)22(26)21(17)23(27)24(3)18-11-12-18/h13-14,16,18,25-26H,4-12H2,1-3H3. The zero-order chi connectivity index (χ0) is 19.6. The average Bonchev–Trinajstić information content (AvgIpc) is 3.46. The van der Waals surface area contributed by atoms with Gasteiger partial charge in [0.05, 0.1) is 5.56 Å². The molecule has 1 saturated carbocycles. The summed E-state index contributed by atoms with van der Waals surface area (Å²) in [6.45, 7) is 4.23. The number of phenolic OH excluding ortho intramolecular Hbond substituents is 2. The van der Waals surface area contributed by atoms with Crippen molar-refractivity contribution < 1.29 is 15.0 Å². The van der Waals surface area contributed by atoms with Crippen LogP contribution in [0.25, 0.3) is 0 Å². The van der Waals surface area contributed by atoms with Crippen molar-refractivity contribution in [1.29, 1.82) is 0 Å². The largest absolute Gasteiger partial charge is 0.507 e. The number of phenols is 2. The van der Waals surface area contributed by atoms with Crippen LogP contribution in [0.5, 0.6) is 11.5 Å². The molecule has 1 aromatic rings. The van der Waals surface area contributed by atoms with Crippen molar-refractivity contribution in [3.05, 3.63) is 34.4 Å². The van der Waals surface area contributed by atoms with Crippen molar-refractivity contribution in [2.24, 2.45) is 0 Å².